The molecule has 19 heavy (non-hydrogen) atoms. The fraction of sp³-hybridized carbons (Fsp3) is 0.188. The van der Waals surface area contributed by atoms with Gasteiger partial charge in [-0.25, -0.2) is 4.39 Å². The first-order valence-electron chi connectivity index (χ1n) is 6.12. The maximum absolute atomic E-state index is 13.4. The van der Waals surface area contributed by atoms with Crippen LogP contribution in [0.1, 0.15) is 27.0 Å². The summed E-state index contributed by atoms with van der Waals surface area (Å²) in [5, 5.41) is 2.77. The van der Waals surface area contributed by atoms with Gasteiger partial charge in [-0.1, -0.05) is 12.1 Å². The number of aryl methyl sites for hydroxylation is 3. The molecular weight excluding hydrogens is 241 g/mol. The molecule has 2 aromatic rings. The van der Waals surface area contributed by atoms with Gasteiger partial charge in [0.05, 0.1) is 0 Å². The summed E-state index contributed by atoms with van der Waals surface area (Å²) in [5.41, 5.74) is 3.84. The molecule has 0 atom stereocenters. The van der Waals surface area contributed by atoms with Crippen molar-refractivity contribution < 1.29 is 9.18 Å². The summed E-state index contributed by atoms with van der Waals surface area (Å²) in [5.74, 6) is -0.671. The summed E-state index contributed by atoms with van der Waals surface area (Å²) in [6.07, 6.45) is 0. The van der Waals surface area contributed by atoms with E-state index in [1.807, 2.05) is 32.0 Å². The summed E-state index contributed by atoms with van der Waals surface area (Å²) < 4.78 is 13.4. The lowest BCUT2D eigenvalue weighted by Crippen LogP contribution is -2.12. The number of nitrogens with one attached hydrogen (secondary N) is 1. The Labute approximate surface area is 112 Å². The molecule has 0 saturated heterocycles. The number of hydrogen-bond acceptors (Lipinski definition) is 1. The van der Waals surface area contributed by atoms with Gasteiger partial charge in [-0.2, -0.15) is 0 Å². The number of carbonyl (C=O) groups is 1. The molecule has 0 fully saturated rings. The number of anilines is 1. The highest BCUT2D eigenvalue weighted by Gasteiger charge is 2.08. The van der Waals surface area contributed by atoms with E-state index in [4.69, 9.17) is 0 Å². The Morgan fingerprint density at radius 1 is 0.947 bits per heavy atom. The molecule has 0 aromatic heterocycles. The van der Waals surface area contributed by atoms with Gasteiger partial charge in [0.25, 0.3) is 5.91 Å². The van der Waals surface area contributed by atoms with Gasteiger partial charge < -0.3 is 5.32 Å². The normalized spacial score (nSPS) is 10.3. The fourth-order valence-corrected chi connectivity index (χ4v) is 1.76. The van der Waals surface area contributed by atoms with Crippen molar-refractivity contribution >= 4 is 11.6 Å². The summed E-state index contributed by atoms with van der Waals surface area (Å²) in [6.45, 7) is 5.66. The maximum atomic E-state index is 13.4. The highest BCUT2D eigenvalue weighted by atomic mass is 19.1. The van der Waals surface area contributed by atoms with Gasteiger partial charge in [-0.05, 0) is 61.7 Å². The van der Waals surface area contributed by atoms with Crippen molar-refractivity contribution in [3.8, 4) is 0 Å². The molecule has 2 nitrogen and oxygen atoms in total. The first kappa shape index (κ1) is 13.3. The number of rotatable bonds is 2. The lowest BCUT2D eigenvalue weighted by Gasteiger charge is -2.08. The van der Waals surface area contributed by atoms with Crippen LogP contribution >= 0.6 is 0 Å². The standard InChI is InChI=1S/C16H16FNO/c1-10-5-7-14(8-12(10)3)18-16(19)13-6-4-11(2)15(17)9-13/h4-9H,1-3H3,(H,18,19). The largest absolute Gasteiger partial charge is 0.322 e. The number of amides is 1. The van der Waals surface area contributed by atoms with Crippen LogP contribution in [0.25, 0.3) is 0 Å². The highest BCUT2D eigenvalue weighted by Crippen LogP contribution is 2.16. The van der Waals surface area contributed by atoms with Gasteiger partial charge in [-0.15, -0.1) is 0 Å². The van der Waals surface area contributed by atoms with E-state index >= 15 is 0 Å². The average Bonchev–Trinajstić information content (AvgIpc) is 2.37. The van der Waals surface area contributed by atoms with E-state index in [-0.39, 0.29) is 11.7 Å². The number of halogens is 1. The van der Waals surface area contributed by atoms with Crippen LogP contribution in [0.4, 0.5) is 10.1 Å². The van der Waals surface area contributed by atoms with Crippen molar-refractivity contribution in [2.45, 2.75) is 20.8 Å². The minimum atomic E-state index is -0.368. The lowest BCUT2D eigenvalue weighted by molar-refractivity contribution is 0.102. The highest BCUT2D eigenvalue weighted by molar-refractivity contribution is 6.04. The van der Waals surface area contributed by atoms with Crippen LogP contribution in [-0.4, -0.2) is 5.91 Å². The van der Waals surface area contributed by atoms with Crippen molar-refractivity contribution in [1.82, 2.24) is 0 Å². The summed E-state index contributed by atoms with van der Waals surface area (Å²) >= 11 is 0. The summed E-state index contributed by atoms with van der Waals surface area (Å²) in [4.78, 5) is 12.0. The smallest absolute Gasteiger partial charge is 0.255 e. The van der Waals surface area contributed by atoms with Gasteiger partial charge >= 0.3 is 0 Å². The van der Waals surface area contributed by atoms with E-state index in [0.29, 0.717) is 16.8 Å². The third-order valence-corrected chi connectivity index (χ3v) is 3.20. The SMILES string of the molecule is Cc1ccc(NC(=O)c2ccc(C)c(F)c2)cc1C. The second kappa shape index (κ2) is 5.22. The van der Waals surface area contributed by atoms with Crippen LogP contribution < -0.4 is 5.32 Å². The van der Waals surface area contributed by atoms with E-state index < -0.39 is 0 Å². The molecule has 3 heteroatoms. The molecule has 2 aromatic carbocycles. The van der Waals surface area contributed by atoms with E-state index in [2.05, 4.69) is 5.32 Å². The fourth-order valence-electron chi connectivity index (χ4n) is 1.76. The van der Waals surface area contributed by atoms with Gasteiger partial charge in [0.1, 0.15) is 5.82 Å². The van der Waals surface area contributed by atoms with E-state index in [1.54, 1.807) is 19.1 Å². The Morgan fingerprint density at radius 2 is 1.63 bits per heavy atom. The minimum Gasteiger partial charge on any atom is -0.322 e. The van der Waals surface area contributed by atoms with Gasteiger partial charge in [0, 0.05) is 11.3 Å². The number of hydrogen-bond donors (Lipinski definition) is 1. The van der Waals surface area contributed by atoms with Crippen molar-refractivity contribution in [2.75, 3.05) is 5.32 Å². The van der Waals surface area contributed by atoms with Crippen molar-refractivity contribution in [3.05, 3.63) is 64.5 Å². The molecule has 0 saturated carbocycles. The molecule has 0 spiro atoms. The van der Waals surface area contributed by atoms with Crippen LogP contribution in [0.15, 0.2) is 36.4 Å². The topological polar surface area (TPSA) is 29.1 Å². The second-order valence-corrected chi connectivity index (χ2v) is 4.72. The Morgan fingerprint density at radius 3 is 2.26 bits per heavy atom. The molecule has 98 valence electrons. The van der Waals surface area contributed by atoms with Crippen LogP contribution in [0.2, 0.25) is 0 Å². The van der Waals surface area contributed by atoms with Crippen LogP contribution in [0, 0.1) is 26.6 Å². The molecule has 0 heterocycles. The Kier molecular flexibility index (Phi) is 3.65. The molecule has 0 unspecified atom stereocenters. The first-order valence-corrected chi connectivity index (χ1v) is 6.12. The van der Waals surface area contributed by atoms with Crippen molar-refractivity contribution in [2.24, 2.45) is 0 Å². The quantitative estimate of drug-likeness (QED) is 0.865. The molecule has 1 amide bonds. The zero-order valence-electron chi connectivity index (χ0n) is 11.3. The van der Waals surface area contributed by atoms with Crippen molar-refractivity contribution in [3.63, 3.8) is 0 Å². The molecule has 0 aliphatic heterocycles. The summed E-state index contributed by atoms with van der Waals surface area (Å²) in [6, 6.07) is 10.2. The average molecular weight is 257 g/mol. The van der Waals surface area contributed by atoms with E-state index in [1.165, 1.54) is 11.6 Å². The minimum absolute atomic E-state index is 0.304. The number of carbonyl (C=O) groups excluding carboxylic acids is 1. The van der Waals surface area contributed by atoms with E-state index in [9.17, 15) is 9.18 Å². The summed E-state index contributed by atoms with van der Waals surface area (Å²) in [7, 11) is 0. The van der Waals surface area contributed by atoms with Crippen LogP contribution in [0.3, 0.4) is 0 Å². The first-order chi connectivity index (χ1) is 8.97. The number of benzene rings is 2. The zero-order chi connectivity index (χ0) is 14.0. The van der Waals surface area contributed by atoms with Crippen molar-refractivity contribution in [1.29, 1.82) is 0 Å². The van der Waals surface area contributed by atoms with Crippen LogP contribution in [0.5, 0.6) is 0 Å². The Bertz CT molecular complexity index is 635. The van der Waals surface area contributed by atoms with Gasteiger partial charge in [0.2, 0.25) is 0 Å². The predicted octanol–water partition coefficient (Wildman–Crippen LogP) is 4.00. The maximum Gasteiger partial charge on any atom is 0.255 e. The predicted molar refractivity (Wildman–Crippen MR) is 75.0 cm³/mol. The molecule has 0 aliphatic carbocycles. The third kappa shape index (κ3) is 2.99. The van der Waals surface area contributed by atoms with Gasteiger partial charge in [-0.3, -0.25) is 4.79 Å². The lowest BCUT2D eigenvalue weighted by atomic mass is 10.1. The van der Waals surface area contributed by atoms with E-state index in [0.717, 1.165) is 5.56 Å². The van der Waals surface area contributed by atoms with Gasteiger partial charge in [0.15, 0.2) is 0 Å². The Balaban J connectivity index is 2.20. The monoisotopic (exact) mass is 257 g/mol. The molecular formula is C16H16FNO. The molecule has 2 rings (SSSR count). The second-order valence-electron chi connectivity index (χ2n) is 4.72. The molecule has 0 bridgehead atoms. The molecule has 0 aliphatic rings. The Hall–Kier alpha value is -2.16. The van der Waals surface area contributed by atoms with Crippen LogP contribution in [-0.2, 0) is 0 Å². The zero-order valence-corrected chi connectivity index (χ0v) is 11.3. The third-order valence-electron chi connectivity index (χ3n) is 3.20. The molecule has 0 radical (unpaired) electrons. The molecule has 1 N–H and O–H groups in total.